The zero-order valence-corrected chi connectivity index (χ0v) is 15.0. The van der Waals surface area contributed by atoms with Crippen molar-refractivity contribution >= 4 is 21.5 Å². The van der Waals surface area contributed by atoms with Gasteiger partial charge in [0.25, 0.3) is 0 Å². The predicted octanol–water partition coefficient (Wildman–Crippen LogP) is 7.48. The molecule has 1 saturated carbocycles. The summed E-state index contributed by atoms with van der Waals surface area (Å²) in [7, 11) is 0. The van der Waals surface area contributed by atoms with Gasteiger partial charge in [0.05, 0.1) is 0 Å². The van der Waals surface area contributed by atoms with E-state index in [9.17, 15) is 13.2 Å². The molecule has 1 aliphatic carbocycles. The molecule has 4 rings (SSSR count). The molecule has 0 spiro atoms. The summed E-state index contributed by atoms with van der Waals surface area (Å²) in [6, 6.07) is 10.6. The Balaban J connectivity index is 1.70. The molecule has 0 N–H and O–H groups in total. The Morgan fingerprint density at radius 3 is 2.27 bits per heavy atom. The first-order chi connectivity index (χ1) is 12.6. The first-order valence-corrected chi connectivity index (χ1v) is 9.58. The highest BCUT2D eigenvalue weighted by atomic mass is 19.2. The summed E-state index contributed by atoms with van der Waals surface area (Å²) in [6.07, 6.45) is 7.56. The van der Waals surface area contributed by atoms with Crippen LogP contribution < -0.4 is 0 Å². The molecule has 0 heterocycles. The van der Waals surface area contributed by atoms with Crippen LogP contribution in [0.15, 0.2) is 36.4 Å². The van der Waals surface area contributed by atoms with Gasteiger partial charge in [-0.05, 0) is 65.3 Å². The van der Waals surface area contributed by atoms with Crippen molar-refractivity contribution in [2.45, 2.75) is 51.4 Å². The van der Waals surface area contributed by atoms with Gasteiger partial charge in [-0.1, -0.05) is 50.1 Å². The SMILES string of the molecule is CCCC1CCC(c2ccc3c(ccc4c(F)c(F)c(F)cc43)c2)CC1. The Bertz CT molecular complexity index is 953. The maximum Gasteiger partial charge on any atom is 0.195 e. The van der Waals surface area contributed by atoms with Gasteiger partial charge in [0.1, 0.15) is 0 Å². The lowest BCUT2D eigenvalue weighted by Gasteiger charge is -2.28. The average Bonchev–Trinajstić information content (AvgIpc) is 2.66. The first-order valence-electron chi connectivity index (χ1n) is 9.58. The molecule has 0 aliphatic heterocycles. The Hall–Kier alpha value is -2.03. The largest absolute Gasteiger partial charge is 0.204 e. The number of fused-ring (bicyclic) bond motifs is 3. The van der Waals surface area contributed by atoms with Crippen LogP contribution in [0.3, 0.4) is 0 Å². The van der Waals surface area contributed by atoms with E-state index in [2.05, 4.69) is 19.1 Å². The van der Waals surface area contributed by atoms with E-state index in [1.165, 1.54) is 44.1 Å². The van der Waals surface area contributed by atoms with E-state index in [0.29, 0.717) is 11.3 Å². The molecule has 3 aromatic carbocycles. The number of hydrogen-bond acceptors (Lipinski definition) is 0. The Kier molecular flexibility index (Phi) is 4.64. The molecule has 0 atom stereocenters. The maximum absolute atomic E-state index is 14.0. The van der Waals surface area contributed by atoms with Gasteiger partial charge in [-0.3, -0.25) is 0 Å². The second-order valence-electron chi connectivity index (χ2n) is 7.63. The molecule has 0 radical (unpaired) electrons. The van der Waals surface area contributed by atoms with Gasteiger partial charge in [0, 0.05) is 5.39 Å². The molecule has 136 valence electrons. The molecule has 1 aliphatic rings. The van der Waals surface area contributed by atoms with Crippen molar-refractivity contribution in [2.24, 2.45) is 5.92 Å². The van der Waals surface area contributed by atoms with Crippen molar-refractivity contribution in [3.63, 3.8) is 0 Å². The Morgan fingerprint density at radius 2 is 1.54 bits per heavy atom. The topological polar surface area (TPSA) is 0 Å². The third-order valence-electron chi connectivity index (χ3n) is 6.01. The van der Waals surface area contributed by atoms with Crippen LogP contribution in [-0.2, 0) is 0 Å². The van der Waals surface area contributed by atoms with Crippen molar-refractivity contribution < 1.29 is 13.2 Å². The van der Waals surface area contributed by atoms with Gasteiger partial charge < -0.3 is 0 Å². The molecule has 3 aromatic rings. The second kappa shape index (κ2) is 6.94. The molecule has 1 fully saturated rings. The highest BCUT2D eigenvalue weighted by molar-refractivity contribution is 6.07. The minimum Gasteiger partial charge on any atom is -0.204 e. The smallest absolute Gasteiger partial charge is 0.195 e. The van der Waals surface area contributed by atoms with Crippen LogP contribution in [0.2, 0.25) is 0 Å². The second-order valence-corrected chi connectivity index (χ2v) is 7.63. The van der Waals surface area contributed by atoms with Crippen molar-refractivity contribution in [1.29, 1.82) is 0 Å². The minimum absolute atomic E-state index is 0.129. The number of benzene rings is 3. The summed E-state index contributed by atoms with van der Waals surface area (Å²) in [5, 5.41) is 2.28. The fourth-order valence-corrected chi connectivity index (χ4v) is 4.58. The number of halogens is 3. The molecule has 0 nitrogen and oxygen atoms in total. The number of hydrogen-bond donors (Lipinski definition) is 0. The van der Waals surface area contributed by atoms with E-state index in [0.717, 1.165) is 22.8 Å². The standard InChI is InChI=1S/C23H23F3/c1-2-3-14-4-6-15(7-5-14)16-8-10-18-17(12-16)9-11-19-20(18)13-21(24)23(26)22(19)25/h8-15H,2-7H2,1H3. The monoisotopic (exact) mass is 356 g/mol. The number of rotatable bonds is 3. The summed E-state index contributed by atoms with van der Waals surface area (Å²) in [6.45, 7) is 2.25. The van der Waals surface area contributed by atoms with E-state index < -0.39 is 17.5 Å². The van der Waals surface area contributed by atoms with Crippen LogP contribution in [0.5, 0.6) is 0 Å². The lowest BCUT2D eigenvalue weighted by atomic mass is 9.77. The van der Waals surface area contributed by atoms with Crippen molar-refractivity contribution in [1.82, 2.24) is 0 Å². The highest BCUT2D eigenvalue weighted by Crippen LogP contribution is 2.39. The van der Waals surface area contributed by atoms with Crippen LogP contribution >= 0.6 is 0 Å². The molecular weight excluding hydrogens is 333 g/mol. The predicted molar refractivity (Wildman–Crippen MR) is 101 cm³/mol. The molecule has 0 amide bonds. The lowest BCUT2D eigenvalue weighted by molar-refractivity contribution is 0.308. The zero-order valence-electron chi connectivity index (χ0n) is 15.0. The van der Waals surface area contributed by atoms with Crippen LogP contribution in [0.1, 0.15) is 56.9 Å². The quantitative estimate of drug-likeness (QED) is 0.337. The lowest BCUT2D eigenvalue weighted by Crippen LogP contribution is -2.13. The van der Waals surface area contributed by atoms with Crippen molar-refractivity contribution in [3.05, 3.63) is 59.4 Å². The van der Waals surface area contributed by atoms with Gasteiger partial charge in [0.15, 0.2) is 17.5 Å². The van der Waals surface area contributed by atoms with Gasteiger partial charge in [-0.25, -0.2) is 13.2 Å². The maximum atomic E-state index is 14.0. The fraction of sp³-hybridized carbons (Fsp3) is 0.391. The molecule has 0 unspecified atom stereocenters. The van der Waals surface area contributed by atoms with Crippen molar-refractivity contribution in [2.75, 3.05) is 0 Å². The van der Waals surface area contributed by atoms with Crippen LogP contribution in [0, 0.1) is 23.4 Å². The molecule has 0 saturated heterocycles. The van der Waals surface area contributed by atoms with Gasteiger partial charge in [0.2, 0.25) is 0 Å². The molecule has 3 heteroatoms. The zero-order chi connectivity index (χ0) is 18.3. The van der Waals surface area contributed by atoms with E-state index >= 15 is 0 Å². The fourth-order valence-electron chi connectivity index (χ4n) is 4.58. The van der Waals surface area contributed by atoms with Crippen LogP contribution in [0.25, 0.3) is 21.5 Å². The van der Waals surface area contributed by atoms with Gasteiger partial charge in [-0.2, -0.15) is 0 Å². The normalized spacial score (nSPS) is 20.8. The summed E-state index contributed by atoms with van der Waals surface area (Å²) in [4.78, 5) is 0. The van der Waals surface area contributed by atoms with Gasteiger partial charge >= 0.3 is 0 Å². The molecule has 26 heavy (non-hydrogen) atoms. The summed E-state index contributed by atoms with van der Waals surface area (Å²) >= 11 is 0. The summed E-state index contributed by atoms with van der Waals surface area (Å²) in [5.41, 5.74) is 1.30. The minimum atomic E-state index is -1.41. The molecule has 0 aromatic heterocycles. The van der Waals surface area contributed by atoms with E-state index in [-0.39, 0.29) is 5.39 Å². The van der Waals surface area contributed by atoms with E-state index in [4.69, 9.17) is 0 Å². The third kappa shape index (κ3) is 2.98. The van der Waals surface area contributed by atoms with E-state index in [1.807, 2.05) is 12.1 Å². The Morgan fingerprint density at radius 1 is 0.808 bits per heavy atom. The third-order valence-corrected chi connectivity index (χ3v) is 6.01. The van der Waals surface area contributed by atoms with Crippen LogP contribution in [-0.4, -0.2) is 0 Å². The van der Waals surface area contributed by atoms with E-state index in [1.54, 1.807) is 6.07 Å². The molecular formula is C23H23F3. The van der Waals surface area contributed by atoms with Gasteiger partial charge in [-0.15, -0.1) is 0 Å². The first kappa shape index (κ1) is 17.4. The summed E-state index contributed by atoms with van der Waals surface area (Å²) < 4.78 is 41.2. The average molecular weight is 356 g/mol. The summed E-state index contributed by atoms with van der Waals surface area (Å²) in [5.74, 6) is -2.23. The Labute approximate surface area is 152 Å². The molecule has 0 bridgehead atoms. The van der Waals surface area contributed by atoms with Crippen molar-refractivity contribution in [3.8, 4) is 0 Å². The van der Waals surface area contributed by atoms with Crippen LogP contribution in [0.4, 0.5) is 13.2 Å². The highest BCUT2D eigenvalue weighted by Gasteiger charge is 2.22.